The zero-order valence-corrected chi connectivity index (χ0v) is 16.7. The predicted molar refractivity (Wildman–Crippen MR) is 109 cm³/mol. The number of anilines is 1. The maximum atomic E-state index is 12.4. The number of halogens is 2. The molecule has 1 unspecified atom stereocenters. The lowest BCUT2D eigenvalue weighted by molar-refractivity contribution is -0.121. The molecule has 1 amide bonds. The Bertz CT molecular complexity index is 856. The number of ether oxygens (including phenoxy) is 1. The average Bonchev–Trinajstić information content (AvgIpc) is 2.63. The Morgan fingerprint density at radius 3 is 2.70 bits per heavy atom. The molecule has 0 bridgehead atoms. The van der Waals surface area contributed by atoms with Gasteiger partial charge in [-0.3, -0.25) is 4.79 Å². The lowest BCUT2D eigenvalue weighted by Crippen LogP contribution is -2.37. The van der Waals surface area contributed by atoms with Crippen molar-refractivity contribution in [2.24, 2.45) is 5.10 Å². The molecule has 144 valence electrons. The number of carbonyl (C=O) groups excluding carboxylic acids is 1. The smallest absolute Gasteiger partial charge is 0.262 e. The number of phenols is 1. The Balaban J connectivity index is 2.04. The summed E-state index contributed by atoms with van der Waals surface area (Å²) in [6.45, 7) is 3.82. The number of aryl methyl sites for hydroxylation is 1. The number of rotatable bonds is 7. The zero-order valence-electron chi connectivity index (χ0n) is 15.2. The zero-order chi connectivity index (χ0) is 20.0. The van der Waals surface area contributed by atoms with Crippen LogP contribution in [0.4, 0.5) is 5.69 Å². The standard InChI is InChI=1S/C19H21Cl2N3O3/c1-4-15(23-16-6-5-13(20)7-11(16)2)19(26)24-22-10-12-8-14(21)18(25)17(9-12)27-3/h5-10,15,23,25H,4H2,1-3H3,(H,24,26)/b22-10+. The van der Waals surface area contributed by atoms with Gasteiger partial charge >= 0.3 is 0 Å². The molecule has 0 aromatic heterocycles. The first-order valence-electron chi connectivity index (χ1n) is 8.27. The van der Waals surface area contributed by atoms with Gasteiger partial charge in [0.05, 0.1) is 18.3 Å². The molecule has 0 radical (unpaired) electrons. The maximum Gasteiger partial charge on any atom is 0.262 e. The van der Waals surface area contributed by atoms with Crippen molar-refractivity contribution in [1.29, 1.82) is 0 Å². The molecule has 2 aromatic rings. The van der Waals surface area contributed by atoms with Gasteiger partial charge in [-0.1, -0.05) is 30.1 Å². The van der Waals surface area contributed by atoms with Crippen LogP contribution in [-0.2, 0) is 4.79 Å². The monoisotopic (exact) mass is 409 g/mol. The summed E-state index contributed by atoms with van der Waals surface area (Å²) in [5, 5.41) is 17.6. The van der Waals surface area contributed by atoms with Crippen LogP contribution >= 0.6 is 23.2 Å². The highest BCUT2D eigenvalue weighted by molar-refractivity contribution is 6.32. The van der Waals surface area contributed by atoms with E-state index >= 15 is 0 Å². The molecule has 0 saturated heterocycles. The number of hydrogen-bond donors (Lipinski definition) is 3. The second-order valence-corrected chi connectivity index (χ2v) is 6.70. The highest BCUT2D eigenvalue weighted by atomic mass is 35.5. The number of amides is 1. The number of nitrogens with one attached hydrogen (secondary N) is 2. The molecule has 0 aliphatic carbocycles. The van der Waals surface area contributed by atoms with Crippen LogP contribution < -0.4 is 15.5 Å². The minimum Gasteiger partial charge on any atom is -0.503 e. The molecular formula is C19H21Cl2N3O3. The third-order valence-electron chi connectivity index (χ3n) is 3.90. The van der Waals surface area contributed by atoms with Gasteiger partial charge in [0.1, 0.15) is 6.04 Å². The summed E-state index contributed by atoms with van der Waals surface area (Å²) in [5.74, 6) is -0.199. The Labute approximate surface area is 168 Å². The van der Waals surface area contributed by atoms with Crippen molar-refractivity contribution in [2.75, 3.05) is 12.4 Å². The van der Waals surface area contributed by atoms with Crippen molar-refractivity contribution < 1.29 is 14.6 Å². The molecule has 2 rings (SSSR count). The number of benzene rings is 2. The lowest BCUT2D eigenvalue weighted by atomic mass is 10.1. The van der Waals surface area contributed by atoms with Crippen molar-refractivity contribution in [2.45, 2.75) is 26.3 Å². The van der Waals surface area contributed by atoms with Gasteiger partial charge in [0, 0.05) is 10.7 Å². The third-order valence-corrected chi connectivity index (χ3v) is 4.43. The van der Waals surface area contributed by atoms with Gasteiger partial charge in [0.2, 0.25) is 0 Å². The van der Waals surface area contributed by atoms with Crippen molar-refractivity contribution >= 4 is 41.0 Å². The molecule has 0 spiro atoms. The molecule has 2 aromatic carbocycles. The van der Waals surface area contributed by atoms with Gasteiger partial charge in [0.25, 0.3) is 5.91 Å². The average molecular weight is 410 g/mol. The normalized spacial score (nSPS) is 12.0. The summed E-state index contributed by atoms with van der Waals surface area (Å²) >= 11 is 11.9. The fraction of sp³-hybridized carbons (Fsp3) is 0.263. The van der Waals surface area contributed by atoms with E-state index in [1.54, 1.807) is 12.1 Å². The van der Waals surface area contributed by atoms with Crippen LogP contribution in [0.25, 0.3) is 0 Å². The quantitative estimate of drug-likeness (QED) is 0.468. The molecule has 3 N–H and O–H groups in total. The van der Waals surface area contributed by atoms with E-state index in [1.807, 2.05) is 26.0 Å². The van der Waals surface area contributed by atoms with Crippen LogP contribution in [0.15, 0.2) is 35.4 Å². The number of carbonyl (C=O) groups is 1. The molecule has 0 fully saturated rings. The molecule has 0 saturated carbocycles. The van der Waals surface area contributed by atoms with Crippen molar-refractivity contribution in [3.05, 3.63) is 51.5 Å². The van der Waals surface area contributed by atoms with Crippen LogP contribution in [0.1, 0.15) is 24.5 Å². The van der Waals surface area contributed by atoms with Crippen molar-refractivity contribution in [1.82, 2.24) is 5.43 Å². The number of aromatic hydroxyl groups is 1. The molecule has 8 heteroatoms. The number of hydrazone groups is 1. The Hall–Kier alpha value is -2.44. The van der Waals surface area contributed by atoms with E-state index in [0.717, 1.165) is 11.3 Å². The molecular weight excluding hydrogens is 389 g/mol. The van der Waals surface area contributed by atoms with Gasteiger partial charge in [-0.15, -0.1) is 0 Å². The fourth-order valence-electron chi connectivity index (χ4n) is 2.40. The minimum absolute atomic E-state index is 0.133. The highest BCUT2D eigenvalue weighted by Gasteiger charge is 2.16. The Morgan fingerprint density at radius 1 is 1.33 bits per heavy atom. The SMILES string of the molecule is CCC(Nc1ccc(Cl)cc1C)C(=O)N/N=C/c1cc(Cl)c(O)c(OC)c1. The maximum absolute atomic E-state index is 12.4. The first-order valence-corrected chi connectivity index (χ1v) is 9.03. The number of hydrogen-bond acceptors (Lipinski definition) is 5. The summed E-state index contributed by atoms with van der Waals surface area (Å²) < 4.78 is 5.03. The molecule has 0 aliphatic rings. The van der Waals surface area contributed by atoms with Crippen molar-refractivity contribution in [3.8, 4) is 11.5 Å². The van der Waals surface area contributed by atoms with Gasteiger partial charge in [-0.05, 0) is 54.8 Å². The van der Waals surface area contributed by atoms with Crippen LogP contribution in [-0.4, -0.2) is 30.4 Å². The van der Waals surface area contributed by atoms with E-state index in [1.165, 1.54) is 19.4 Å². The lowest BCUT2D eigenvalue weighted by Gasteiger charge is -2.18. The molecule has 0 heterocycles. The van der Waals surface area contributed by atoms with Gasteiger partial charge in [-0.2, -0.15) is 5.10 Å². The van der Waals surface area contributed by atoms with Gasteiger partial charge < -0.3 is 15.2 Å². The summed E-state index contributed by atoms with van der Waals surface area (Å²) in [7, 11) is 1.42. The van der Waals surface area contributed by atoms with E-state index in [2.05, 4.69) is 15.8 Å². The molecule has 0 aliphatic heterocycles. The predicted octanol–water partition coefficient (Wildman–Crippen LogP) is 4.36. The summed E-state index contributed by atoms with van der Waals surface area (Å²) in [4.78, 5) is 12.4. The van der Waals surface area contributed by atoms with Crippen LogP contribution in [0.5, 0.6) is 11.5 Å². The first-order chi connectivity index (χ1) is 12.8. The minimum atomic E-state index is -0.458. The first kappa shape index (κ1) is 20.9. The van der Waals surface area contributed by atoms with Crippen molar-refractivity contribution in [3.63, 3.8) is 0 Å². The largest absolute Gasteiger partial charge is 0.503 e. The second kappa shape index (κ2) is 9.48. The topological polar surface area (TPSA) is 83.0 Å². The van der Waals surface area contributed by atoms with Crippen LogP contribution in [0.3, 0.4) is 0 Å². The number of nitrogens with zero attached hydrogens (tertiary/aromatic N) is 1. The van der Waals surface area contributed by atoms with E-state index in [0.29, 0.717) is 17.0 Å². The number of methoxy groups -OCH3 is 1. The summed E-state index contributed by atoms with van der Waals surface area (Å²) in [6.07, 6.45) is 1.99. The molecule has 6 nitrogen and oxygen atoms in total. The summed E-state index contributed by atoms with van der Waals surface area (Å²) in [5.41, 5.74) is 4.86. The van der Waals surface area contributed by atoms with E-state index in [4.69, 9.17) is 27.9 Å². The summed E-state index contributed by atoms with van der Waals surface area (Å²) in [6, 6.07) is 8.04. The van der Waals surface area contributed by atoms with E-state index in [9.17, 15) is 9.90 Å². The van der Waals surface area contributed by atoms with Crippen LogP contribution in [0.2, 0.25) is 10.0 Å². The number of phenolic OH excluding ortho intramolecular Hbond substituents is 1. The molecule has 1 atom stereocenters. The van der Waals surface area contributed by atoms with E-state index < -0.39 is 6.04 Å². The van der Waals surface area contributed by atoms with Gasteiger partial charge in [-0.25, -0.2) is 5.43 Å². The van der Waals surface area contributed by atoms with Gasteiger partial charge in [0.15, 0.2) is 11.5 Å². The second-order valence-electron chi connectivity index (χ2n) is 5.85. The Kier molecular flexibility index (Phi) is 7.33. The molecule has 27 heavy (non-hydrogen) atoms. The highest BCUT2D eigenvalue weighted by Crippen LogP contribution is 2.34. The van der Waals surface area contributed by atoms with Crippen LogP contribution in [0, 0.1) is 6.92 Å². The van der Waals surface area contributed by atoms with E-state index in [-0.39, 0.29) is 22.4 Å². The fourth-order valence-corrected chi connectivity index (χ4v) is 2.85. The Morgan fingerprint density at radius 2 is 2.07 bits per heavy atom. The third kappa shape index (κ3) is 5.52.